The number of anilines is 1. The van der Waals surface area contributed by atoms with E-state index >= 15 is 0 Å². The zero-order valence-corrected chi connectivity index (χ0v) is 22.6. The lowest BCUT2D eigenvalue weighted by atomic mass is 9.98. The van der Waals surface area contributed by atoms with Gasteiger partial charge in [0.1, 0.15) is 5.82 Å². The second-order valence-corrected chi connectivity index (χ2v) is 10.9. The Labute approximate surface area is 228 Å². The molecule has 2 aromatic carbocycles. The van der Waals surface area contributed by atoms with Crippen molar-refractivity contribution < 1.29 is 0 Å². The molecule has 1 N–H and O–H groups in total. The first-order valence-corrected chi connectivity index (χ1v) is 13.6. The predicted molar refractivity (Wildman–Crippen MR) is 151 cm³/mol. The highest BCUT2D eigenvalue weighted by Crippen LogP contribution is 2.31. The molecule has 6 nitrogen and oxygen atoms in total. The number of benzene rings is 2. The zero-order chi connectivity index (χ0) is 24.6. The van der Waals surface area contributed by atoms with E-state index < -0.39 is 0 Å². The molecule has 1 aliphatic rings. The Hall–Kier alpha value is -2.58. The number of para-hydroxylation sites is 1. The van der Waals surface area contributed by atoms with E-state index in [2.05, 4.69) is 55.5 Å². The summed E-state index contributed by atoms with van der Waals surface area (Å²) in [5, 5.41) is 10.0. The molecule has 5 aromatic rings. The molecule has 0 radical (unpaired) electrons. The zero-order valence-electron chi connectivity index (χ0n) is 19.5. The Morgan fingerprint density at radius 2 is 1.92 bits per heavy atom. The molecule has 1 aliphatic heterocycles. The lowest BCUT2D eigenvalue weighted by molar-refractivity contribution is 0.171. The van der Waals surface area contributed by atoms with Crippen LogP contribution in [0.4, 0.5) is 5.82 Å². The maximum absolute atomic E-state index is 6.64. The summed E-state index contributed by atoms with van der Waals surface area (Å²) in [7, 11) is 0. The molecule has 36 heavy (non-hydrogen) atoms. The number of fused-ring (bicyclic) bond motifs is 2. The molecular formula is C27H25BrCl2N6. The summed E-state index contributed by atoms with van der Waals surface area (Å²) < 4.78 is 4.49. The van der Waals surface area contributed by atoms with E-state index in [0.29, 0.717) is 10.9 Å². The van der Waals surface area contributed by atoms with Gasteiger partial charge in [-0.05, 0) is 59.4 Å². The molecule has 1 atom stereocenters. The predicted octanol–water partition coefficient (Wildman–Crippen LogP) is 7.09. The van der Waals surface area contributed by atoms with Gasteiger partial charge in [-0.15, -0.1) is 0 Å². The summed E-state index contributed by atoms with van der Waals surface area (Å²) in [5.74, 6) is 1.41. The largest absolute Gasteiger partial charge is 0.370 e. The highest BCUT2D eigenvalue weighted by molar-refractivity contribution is 9.10. The van der Waals surface area contributed by atoms with E-state index in [1.807, 2.05) is 40.9 Å². The van der Waals surface area contributed by atoms with Crippen LogP contribution >= 0.6 is 39.3 Å². The molecule has 0 aliphatic carbocycles. The van der Waals surface area contributed by atoms with Gasteiger partial charge in [-0.3, -0.25) is 8.99 Å². The molecule has 1 saturated heterocycles. The summed E-state index contributed by atoms with van der Waals surface area (Å²) >= 11 is 16.7. The van der Waals surface area contributed by atoms with Gasteiger partial charge in [-0.1, -0.05) is 48.0 Å². The molecule has 1 fully saturated rings. The van der Waals surface area contributed by atoms with Gasteiger partial charge in [0.15, 0.2) is 5.65 Å². The first-order chi connectivity index (χ1) is 17.6. The maximum atomic E-state index is 6.64. The minimum atomic E-state index is 0.512. The molecule has 1 unspecified atom stereocenters. The third-order valence-electron chi connectivity index (χ3n) is 6.86. The second-order valence-electron chi connectivity index (χ2n) is 9.33. The van der Waals surface area contributed by atoms with E-state index in [4.69, 9.17) is 28.4 Å². The quantitative estimate of drug-likeness (QED) is 0.232. The van der Waals surface area contributed by atoms with Gasteiger partial charge < -0.3 is 5.32 Å². The van der Waals surface area contributed by atoms with Crippen LogP contribution < -0.4 is 5.32 Å². The first-order valence-electron chi connectivity index (χ1n) is 12.1. The van der Waals surface area contributed by atoms with E-state index in [0.717, 1.165) is 64.6 Å². The summed E-state index contributed by atoms with van der Waals surface area (Å²) in [6.45, 7) is 3.78. The van der Waals surface area contributed by atoms with Crippen molar-refractivity contribution in [2.45, 2.75) is 19.4 Å². The van der Waals surface area contributed by atoms with Crippen LogP contribution in [0.1, 0.15) is 18.5 Å². The number of aromatic nitrogens is 4. The number of halogens is 3. The standard InChI is InChI=1S/C27H25BrCl2N6/c28-22-15-32-36-26(13-24(33-27(22)36)21-8-2-3-9-23(21)29)31-14-18-6-5-11-34(16-18)17-20-12-19-7-1-4-10-25(19)35(20)30/h1-4,7-10,12-13,15,18,31H,5-6,11,14,16-17H2. The van der Waals surface area contributed by atoms with Gasteiger partial charge in [0, 0.05) is 53.4 Å². The van der Waals surface area contributed by atoms with Crippen molar-refractivity contribution in [3.63, 3.8) is 0 Å². The molecule has 9 heteroatoms. The Morgan fingerprint density at radius 1 is 1.08 bits per heavy atom. The van der Waals surface area contributed by atoms with Crippen LogP contribution in [0, 0.1) is 5.92 Å². The first kappa shape index (κ1) is 23.8. The summed E-state index contributed by atoms with van der Waals surface area (Å²) in [4.78, 5) is 7.32. The molecule has 3 aromatic heterocycles. The lowest BCUT2D eigenvalue weighted by Gasteiger charge is -2.33. The van der Waals surface area contributed by atoms with Gasteiger partial charge in [-0.2, -0.15) is 9.61 Å². The second kappa shape index (κ2) is 10.1. The molecule has 0 spiro atoms. The van der Waals surface area contributed by atoms with Gasteiger partial charge in [0.25, 0.3) is 0 Å². The van der Waals surface area contributed by atoms with Crippen molar-refractivity contribution in [3.8, 4) is 11.3 Å². The number of rotatable bonds is 6. The molecule has 184 valence electrons. The summed E-state index contributed by atoms with van der Waals surface area (Å²) in [5.41, 5.74) is 4.67. The number of hydrogen-bond acceptors (Lipinski definition) is 4. The van der Waals surface area contributed by atoms with Crippen molar-refractivity contribution >= 4 is 61.7 Å². The Kier molecular flexibility index (Phi) is 6.65. The smallest absolute Gasteiger partial charge is 0.172 e. The number of hydrogen-bond donors (Lipinski definition) is 1. The topological polar surface area (TPSA) is 50.4 Å². The average molecular weight is 584 g/mol. The fraction of sp³-hybridized carbons (Fsp3) is 0.259. The van der Waals surface area contributed by atoms with Crippen LogP contribution in [0.25, 0.3) is 27.8 Å². The van der Waals surface area contributed by atoms with Crippen LogP contribution in [0.2, 0.25) is 5.02 Å². The number of piperidine rings is 1. The van der Waals surface area contributed by atoms with Crippen LogP contribution in [0.3, 0.4) is 0 Å². The highest BCUT2D eigenvalue weighted by Gasteiger charge is 2.22. The highest BCUT2D eigenvalue weighted by atomic mass is 79.9. The van der Waals surface area contributed by atoms with Crippen molar-refractivity contribution in [3.05, 3.63) is 82.0 Å². The fourth-order valence-electron chi connectivity index (χ4n) is 5.10. The number of nitrogens with one attached hydrogen (secondary N) is 1. The molecule has 6 rings (SSSR count). The maximum Gasteiger partial charge on any atom is 0.172 e. The van der Waals surface area contributed by atoms with Crippen molar-refractivity contribution in [2.24, 2.45) is 5.92 Å². The van der Waals surface area contributed by atoms with Crippen LogP contribution in [0.15, 0.2) is 71.3 Å². The van der Waals surface area contributed by atoms with E-state index in [1.54, 1.807) is 10.3 Å². The Morgan fingerprint density at radius 3 is 2.78 bits per heavy atom. The van der Waals surface area contributed by atoms with Crippen molar-refractivity contribution in [2.75, 3.05) is 25.0 Å². The molecule has 0 bridgehead atoms. The van der Waals surface area contributed by atoms with Gasteiger partial charge in [0.2, 0.25) is 0 Å². The normalized spacial score (nSPS) is 16.7. The van der Waals surface area contributed by atoms with Crippen LogP contribution in [0.5, 0.6) is 0 Å². The summed E-state index contributed by atoms with van der Waals surface area (Å²) in [6.07, 6.45) is 4.12. The molecule has 4 heterocycles. The van der Waals surface area contributed by atoms with Crippen molar-refractivity contribution in [1.29, 1.82) is 0 Å². The minimum Gasteiger partial charge on any atom is -0.370 e. The number of nitrogens with zero attached hydrogens (tertiary/aromatic N) is 5. The van der Waals surface area contributed by atoms with Gasteiger partial charge >= 0.3 is 0 Å². The third-order valence-corrected chi connectivity index (χ3v) is 8.15. The van der Waals surface area contributed by atoms with E-state index in [-0.39, 0.29) is 0 Å². The lowest BCUT2D eigenvalue weighted by Crippen LogP contribution is -2.38. The summed E-state index contributed by atoms with van der Waals surface area (Å²) in [6, 6.07) is 20.3. The fourth-order valence-corrected chi connectivity index (χ4v) is 5.93. The van der Waals surface area contributed by atoms with Gasteiger partial charge in [-0.25, -0.2) is 4.98 Å². The van der Waals surface area contributed by atoms with E-state index in [1.165, 1.54) is 18.2 Å². The minimum absolute atomic E-state index is 0.512. The molecular weight excluding hydrogens is 559 g/mol. The van der Waals surface area contributed by atoms with Crippen LogP contribution in [-0.4, -0.2) is 43.2 Å². The number of likely N-dealkylation sites (tertiary alicyclic amines) is 1. The molecule has 0 amide bonds. The monoisotopic (exact) mass is 582 g/mol. The van der Waals surface area contributed by atoms with E-state index in [9.17, 15) is 0 Å². The Bertz CT molecular complexity index is 1540. The SMILES string of the molecule is Clc1ccccc1-c1cc(NCC2CCCN(Cc3cc4ccccc4n3Cl)C2)n2ncc(Br)c2n1. The van der Waals surface area contributed by atoms with Crippen molar-refractivity contribution in [1.82, 2.24) is 23.6 Å². The Balaban J connectivity index is 1.19. The molecule has 0 saturated carbocycles. The van der Waals surface area contributed by atoms with Crippen LogP contribution in [-0.2, 0) is 6.54 Å². The third kappa shape index (κ3) is 4.61. The van der Waals surface area contributed by atoms with Gasteiger partial charge in [0.05, 0.1) is 27.6 Å². The average Bonchev–Trinajstić information content (AvgIpc) is 3.42.